The van der Waals surface area contributed by atoms with Gasteiger partial charge in [0.1, 0.15) is 5.01 Å². The number of hydrogen-bond donors (Lipinski definition) is 0. The molecule has 0 N–H and O–H groups in total. The van der Waals surface area contributed by atoms with Crippen LogP contribution in [0.2, 0.25) is 10.0 Å². The zero-order valence-corrected chi connectivity index (χ0v) is 16.4. The van der Waals surface area contributed by atoms with Gasteiger partial charge in [0.2, 0.25) is 0 Å². The number of esters is 1. The van der Waals surface area contributed by atoms with Crippen LogP contribution >= 0.6 is 34.5 Å². The predicted molar refractivity (Wildman–Crippen MR) is 99.5 cm³/mol. The molecule has 0 saturated carbocycles. The van der Waals surface area contributed by atoms with Crippen molar-refractivity contribution in [3.05, 3.63) is 49.9 Å². The van der Waals surface area contributed by atoms with E-state index in [1.807, 2.05) is 13.8 Å². The second-order valence-corrected chi connectivity index (χ2v) is 7.35. The highest BCUT2D eigenvalue weighted by Crippen LogP contribution is 2.22. The van der Waals surface area contributed by atoms with Crippen molar-refractivity contribution in [1.29, 1.82) is 0 Å². The SMILES string of the molecule is CCOC(=O)c1csc(CN(C(=O)c2cc(Cl)cc(Cl)c2)C(C)C)n1. The molecular weight excluding hydrogens is 383 g/mol. The van der Waals surface area contributed by atoms with E-state index in [0.717, 1.165) is 0 Å². The van der Waals surface area contributed by atoms with E-state index in [-0.39, 0.29) is 30.8 Å². The van der Waals surface area contributed by atoms with Crippen LogP contribution in [0.3, 0.4) is 0 Å². The maximum atomic E-state index is 12.8. The lowest BCUT2D eigenvalue weighted by Crippen LogP contribution is -2.36. The molecular formula is C17H18Cl2N2O3S. The Labute approximate surface area is 160 Å². The van der Waals surface area contributed by atoms with Crippen LogP contribution in [0, 0.1) is 0 Å². The Hall–Kier alpha value is -1.63. The summed E-state index contributed by atoms with van der Waals surface area (Å²) in [5.74, 6) is -0.665. The maximum Gasteiger partial charge on any atom is 0.357 e. The van der Waals surface area contributed by atoms with E-state index in [1.165, 1.54) is 11.3 Å². The molecule has 0 radical (unpaired) electrons. The molecule has 2 aromatic rings. The molecule has 1 aromatic heterocycles. The third kappa shape index (κ3) is 5.17. The number of amides is 1. The smallest absolute Gasteiger partial charge is 0.357 e. The number of thiazole rings is 1. The van der Waals surface area contributed by atoms with E-state index in [4.69, 9.17) is 27.9 Å². The zero-order valence-electron chi connectivity index (χ0n) is 14.1. The minimum absolute atomic E-state index is 0.0693. The number of benzene rings is 1. The fraction of sp³-hybridized carbons (Fsp3) is 0.353. The van der Waals surface area contributed by atoms with Gasteiger partial charge in [-0.15, -0.1) is 11.3 Å². The van der Waals surface area contributed by atoms with E-state index in [0.29, 0.717) is 20.6 Å². The van der Waals surface area contributed by atoms with Crippen molar-refractivity contribution < 1.29 is 14.3 Å². The quantitative estimate of drug-likeness (QED) is 0.660. The van der Waals surface area contributed by atoms with Gasteiger partial charge in [-0.2, -0.15) is 0 Å². The molecule has 0 atom stereocenters. The Morgan fingerprint density at radius 2 is 1.88 bits per heavy atom. The van der Waals surface area contributed by atoms with Gasteiger partial charge in [-0.25, -0.2) is 9.78 Å². The largest absolute Gasteiger partial charge is 0.461 e. The summed E-state index contributed by atoms with van der Waals surface area (Å²) < 4.78 is 4.93. The monoisotopic (exact) mass is 400 g/mol. The normalized spacial score (nSPS) is 10.8. The molecule has 25 heavy (non-hydrogen) atoms. The fourth-order valence-electron chi connectivity index (χ4n) is 2.16. The molecule has 2 rings (SSSR count). The molecule has 1 heterocycles. The number of carbonyl (C=O) groups excluding carboxylic acids is 2. The number of aromatic nitrogens is 1. The number of nitrogens with zero attached hydrogens (tertiary/aromatic N) is 2. The number of rotatable bonds is 6. The van der Waals surface area contributed by atoms with Crippen LogP contribution in [-0.2, 0) is 11.3 Å². The summed E-state index contributed by atoms with van der Waals surface area (Å²) in [6.07, 6.45) is 0. The topological polar surface area (TPSA) is 59.5 Å². The number of halogens is 2. The molecule has 5 nitrogen and oxygen atoms in total. The molecule has 0 aliphatic rings. The summed E-state index contributed by atoms with van der Waals surface area (Å²) in [7, 11) is 0. The third-order valence-corrected chi connectivity index (χ3v) is 4.61. The summed E-state index contributed by atoms with van der Waals surface area (Å²) in [5.41, 5.74) is 0.664. The van der Waals surface area contributed by atoms with Crippen molar-refractivity contribution in [2.24, 2.45) is 0 Å². The predicted octanol–water partition coefficient (Wildman–Crippen LogP) is 4.68. The molecule has 0 spiro atoms. The highest BCUT2D eigenvalue weighted by Gasteiger charge is 2.22. The van der Waals surface area contributed by atoms with Gasteiger partial charge < -0.3 is 9.64 Å². The Kier molecular flexibility index (Phi) is 6.81. The van der Waals surface area contributed by atoms with Crippen molar-refractivity contribution in [1.82, 2.24) is 9.88 Å². The van der Waals surface area contributed by atoms with E-state index < -0.39 is 5.97 Å². The van der Waals surface area contributed by atoms with Crippen molar-refractivity contribution in [2.45, 2.75) is 33.4 Å². The standard InChI is InChI=1S/C17H18Cl2N2O3S/c1-4-24-17(23)14-9-25-15(20-14)8-21(10(2)3)16(22)11-5-12(18)7-13(19)6-11/h5-7,9-10H,4,8H2,1-3H3. The fourth-order valence-corrected chi connectivity index (χ4v) is 3.45. The first-order valence-electron chi connectivity index (χ1n) is 7.70. The first-order chi connectivity index (χ1) is 11.8. The minimum Gasteiger partial charge on any atom is -0.461 e. The van der Waals surface area contributed by atoms with Crippen LogP contribution in [0.4, 0.5) is 0 Å². The van der Waals surface area contributed by atoms with Gasteiger partial charge in [0.15, 0.2) is 5.69 Å². The van der Waals surface area contributed by atoms with Gasteiger partial charge in [0.05, 0.1) is 13.2 Å². The molecule has 1 amide bonds. The van der Waals surface area contributed by atoms with Crippen LogP contribution in [0.15, 0.2) is 23.6 Å². The summed E-state index contributed by atoms with van der Waals surface area (Å²) in [5, 5.41) is 3.09. The van der Waals surface area contributed by atoms with Gasteiger partial charge in [0, 0.05) is 27.0 Å². The van der Waals surface area contributed by atoms with Gasteiger partial charge in [-0.3, -0.25) is 4.79 Å². The van der Waals surface area contributed by atoms with E-state index in [1.54, 1.807) is 35.4 Å². The van der Waals surface area contributed by atoms with Crippen LogP contribution in [-0.4, -0.2) is 34.4 Å². The highest BCUT2D eigenvalue weighted by atomic mass is 35.5. The van der Waals surface area contributed by atoms with E-state index in [9.17, 15) is 9.59 Å². The third-order valence-electron chi connectivity index (χ3n) is 3.34. The molecule has 0 saturated heterocycles. The maximum absolute atomic E-state index is 12.8. The van der Waals surface area contributed by atoms with Gasteiger partial charge in [-0.05, 0) is 39.0 Å². The lowest BCUT2D eigenvalue weighted by Gasteiger charge is -2.26. The Morgan fingerprint density at radius 3 is 2.44 bits per heavy atom. The average molecular weight is 401 g/mol. The van der Waals surface area contributed by atoms with Gasteiger partial charge in [0.25, 0.3) is 5.91 Å². The second-order valence-electron chi connectivity index (χ2n) is 5.53. The van der Waals surface area contributed by atoms with Crippen LogP contribution < -0.4 is 0 Å². The minimum atomic E-state index is -0.464. The summed E-state index contributed by atoms with van der Waals surface area (Å²) in [6, 6.07) is 4.67. The summed E-state index contributed by atoms with van der Waals surface area (Å²) in [6.45, 7) is 6.12. The Balaban J connectivity index is 2.21. The zero-order chi connectivity index (χ0) is 18.6. The molecule has 0 aliphatic carbocycles. The second kappa shape index (κ2) is 8.65. The summed E-state index contributed by atoms with van der Waals surface area (Å²) in [4.78, 5) is 30.5. The van der Waals surface area contributed by atoms with E-state index >= 15 is 0 Å². The number of hydrogen-bond acceptors (Lipinski definition) is 5. The molecule has 0 unspecified atom stereocenters. The molecule has 8 heteroatoms. The van der Waals surface area contributed by atoms with Gasteiger partial charge >= 0.3 is 5.97 Å². The van der Waals surface area contributed by atoms with Crippen molar-refractivity contribution in [3.63, 3.8) is 0 Å². The molecule has 0 fully saturated rings. The average Bonchev–Trinajstić information content (AvgIpc) is 3.00. The van der Waals surface area contributed by atoms with Crippen LogP contribution in [0.5, 0.6) is 0 Å². The van der Waals surface area contributed by atoms with Crippen LogP contribution in [0.1, 0.15) is 46.6 Å². The van der Waals surface area contributed by atoms with Crippen LogP contribution in [0.25, 0.3) is 0 Å². The Morgan fingerprint density at radius 1 is 1.24 bits per heavy atom. The van der Waals surface area contributed by atoms with Crippen molar-refractivity contribution in [2.75, 3.05) is 6.61 Å². The first-order valence-corrected chi connectivity index (χ1v) is 9.34. The van der Waals surface area contributed by atoms with E-state index in [2.05, 4.69) is 4.98 Å². The molecule has 0 bridgehead atoms. The lowest BCUT2D eigenvalue weighted by atomic mass is 10.1. The van der Waals surface area contributed by atoms with Crippen molar-refractivity contribution >= 4 is 46.4 Å². The molecule has 134 valence electrons. The number of carbonyl (C=O) groups is 2. The lowest BCUT2D eigenvalue weighted by molar-refractivity contribution is 0.0520. The Bertz CT molecular complexity index is 757. The number of ether oxygens (including phenoxy) is 1. The molecule has 1 aromatic carbocycles. The molecule has 0 aliphatic heterocycles. The van der Waals surface area contributed by atoms with Gasteiger partial charge in [-0.1, -0.05) is 23.2 Å². The first kappa shape index (κ1) is 19.7. The summed E-state index contributed by atoms with van der Waals surface area (Å²) >= 11 is 13.3. The van der Waals surface area contributed by atoms with Crippen molar-refractivity contribution in [3.8, 4) is 0 Å². The highest BCUT2D eigenvalue weighted by molar-refractivity contribution is 7.09.